The van der Waals surface area contributed by atoms with E-state index < -0.39 is 10.1 Å². The van der Waals surface area contributed by atoms with E-state index in [1.165, 1.54) is 6.08 Å². The number of hydrogen-bond acceptors (Lipinski definition) is 2. The van der Waals surface area contributed by atoms with E-state index in [4.69, 9.17) is 11.6 Å². The van der Waals surface area contributed by atoms with Gasteiger partial charge in [-0.1, -0.05) is 28.1 Å². The minimum absolute atomic E-state index is 0.391. The molecule has 0 atom stereocenters. The molecule has 0 aliphatic carbocycles. The van der Waals surface area contributed by atoms with Crippen molar-refractivity contribution in [1.29, 1.82) is 0 Å². The van der Waals surface area contributed by atoms with Crippen molar-refractivity contribution < 1.29 is 4.92 Å². The van der Waals surface area contributed by atoms with Crippen molar-refractivity contribution in [1.82, 2.24) is 0 Å². The van der Waals surface area contributed by atoms with Gasteiger partial charge in [0.1, 0.15) is 0 Å². The van der Waals surface area contributed by atoms with Crippen molar-refractivity contribution in [3.05, 3.63) is 49.6 Å². The first-order valence-corrected chi connectivity index (χ1v) is 4.54. The van der Waals surface area contributed by atoms with Gasteiger partial charge in [-0.15, -0.1) is 0 Å². The number of nitro groups is 1. The molecule has 68 valence electrons. The summed E-state index contributed by atoms with van der Waals surface area (Å²) in [4.78, 5) is 9.55. The summed E-state index contributed by atoms with van der Waals surface area (Å²) in [6, 6.07) is 7.08. The average Bonchev–Trinajstić information content (AvgIpc) is 2.04. The Morgan fingerprint density at radius 1 is 1.62 bits per heavy atom. The van der Waals surface area contributed by atoms with E-state index in [1.54, 1.807) is 18.2 Å². The van der Waals surface area contributed by atoms with Gasteiger partial charge in [-0.2, -0.15) is 0 Å². The third-order valence-corrected chi connectivity index (χ3v) is 2.05. The maximum atomic E-state index is 10.2. The van der Waals surface area contributed by atoms with Gasteiger partial charge in [0.05, 0.1) is 4.92 Å². The summed E-state index contributed by atoms with van der Waals surface area (Å²) in [5.74, 6) is 0. The second-order valence-corrected chi connectivity index (χ2v) is 3.58. The standard InChI is InChI=1S/C8H5BrClNO2/c9-7-3-1-2-6(4-7)5-8(10)11(12)13/h1-5H/b8-5+. The number of hydrogen-bond donors (Lipinski definition) is 0. The fourth-order valence-electron chi connectivity index (χ4n) is 0.787. The molecule has 0 amide bonds. The molecule has 0 heterocycles. The Bertz CT molecular complexity index is 365. The van der Waals surface area contributed by atoms with Crippen LogP contribution in [-0.2, 0) is 0 Å². The maximum absolute atomic E-state index is 10.2. The van der Waals surface area contributed by atoms with Gasteiger partial charge in [0.15, 0.2) is 0 Å². The van der Waals surface area contributed by atoms with Crippen molar-refractivity contribution in [2.24, 2.45) is 0 Å². The Kier molecular flexibility index (Phi) is 3.45. The highest BCUT2D eigenvalue weighted by Gasteiger charge is 2.04. The Labute approximate surface area is 88.3 Å². The van der Waals surface area contributed by atoms with Gasteiger partial charge >= 0.3 is 5.16 Å². The summed E-state index contributed by atoms with van der Waals surface area (Å²) in [5, 5.41) is 9.79. The van der Waals surface area contributed by atoms with Gasteiger partial charge in [0, 0.05) is 10.5 Å². The highest BCUT2D eigenvalue weighted by atomic mass is 79.9. The van der Waals surface area contributed by atoms with Crippen LogP contribution in [0.3, 0.4) is 0 Å². The molecule has 0 saturated carbocycles. The molecule has 0 radical (unpaired) electrons. The first-order valence-electron chi connectivity index (χ1n) is 3.37. The summed E-state index contributed by atoms with van der Waals surface area (Å²) in [5.41, 5.74) is 0.691. The Morgan fingerprint density at radius 2 is 2.31 bits per heavy atom. The second kappa shape index (κ2) is 4.39. The topological polar surface area (TPSA) is 43.1 Å². The summed E-state index contributed by atoms with van der Waals surface area (Å²) >= 11 is 8.60. The predicted octanol–water partition coefficient (Wildman–Crippen LogP) is 3.26. The lowest BCUT2D eigenvalue weighted by molar-refractivity contribution is -0.410. The Morgan fingerprint density at radius 3 is 2.85 bits per heavy atom. The molecule has 13 heavy (non-hydrogen) atoms. The molecule has 0 aliphatic rings. The minimum atomic E-state index is -0.636. The third-order valence-electron chi connectivity index (χ3n) is 1.31. The Hall–Kier alpha value is -0.870. The molecular weight excluding hydrogens is 257 g/mol. The summed E-state index contributed by atoms with van der Waals surface area (Å²) in [7, 11) is 0. The number of rotatable bonds is 2. The zero-order valence-corrected chi connectivity index (χ0v) is 8.75. The zero-order chi connectivity index (χ0) is 9.84. The van der Waals surface area contributed by atoms with Crippen LogP contribution in [-0.4, -0.2) is 4.92 Å². The van der Waals surface area contributed by atoms with E-state index in [9.17, 15) is 10.1 Å². The van der Waals surface area contributed by atoms with Crippen LogP contribution in [0, 0.1) is 10.1 Å². The lowest BCUT2D eigenvalue weighted by Gasteiger charge is -1.93. The molecule has 1 rings (SSSR count). The first kappa shape index (κ1) is 10.2. The average molecular weight is 262 g/mol. The summed E-state index contributed by atoms with van der Waals surface area (Å²) in [6.07, 6.45) is 1.30. The lowest BCUT2D eigenvalue weighted by Crippen LogP contribution is -1.90. The lowest BCUT2D eigenvalue weighted by atomic mass is 10.2. The summed E-state index contributed by atoms with van der Waals surface area (Å²) < 4.78 is 0.856. The van der Waals surface area contributed by atoms with Crippen LogP contribution in [0.15, 0.2) is 33.9 Å². The fraction of sp³-hybridized carbons (Fsp3) is 0. The number of nitrogens with zero attached hydrogens (tertiary/aromatic N) is 1. The molecule has 0 aliphatic heterocycles. The summed E-state index contributed by atoms with van der Waals surface area (Å²) in [6.45, 7) is 0. The molecule has 0 fully saturated rings. The van der Waals surface area contributed by atoms with Gasteiger partial charge in [-0.05, 0) is 29.3 Å². The quantitative estimate of drug-likeness (QED) is 0.466. The van der Waals surface area contributed by atoms with Gasteiger partial charge < -0.3 is 0 Å². The van der Waals surface area contributed by atoms with Crippen LogP contribution in [0.4, 0.5) is 0 Å². The molecule has 5 heteroatoms. The van der Waals surface area contributed by atoms with E-state index in [1.807, 2.05) is 6.07 Å². The highest BCUT2D eigenvalue weighted by Crippen LogP contribution is 2.15. The molecule has 0 aromatic heterocycles. The SMILES string of the molecule is O=[N+]([O-])/C(Cl)=C/c1cccc(Br)c1. The molecule has 0 N–H and O–H groups in total. The van der Waals surface area contributed by atoms with Crippen LogP contribution in [0.1, 0.15) is 5.56 Å². The van der Waals surface area contributed by atoms with E-state index in [0.717, 1.165) is 4.47 Å². The van der Waals surface area contributed by atoms with Crippen LogP contribution < -0.4 is 0 Å². The number of benzene rings is 1. The maximum Gasteiger partial charge on any atom is 0.337 e. The first-order chi connectivity index (χ1) is 6.09. The van der Waals surface area contributed by atoms with Crippen molar-refractivity contribution in [3.8, 4) is 0 Å². The van der Waals surface area contributed by atoms with Crippen molar-refractivity contribution in [2.45, 2.75) is 0 Å². The molecule has 0 saturated heterocycles. The van der Waals surface area contributed by atoms with Gasteiger partial charge in [-0.25, -0.2) is 0 Å². The highest BCUT2D eigenvalue weighted by molar-refractivity contribution is 9.10. The molecule has 0 bridgehead atoms. The van der Waals surface area contributed by atoms with E-state index in [2.05, 4.69) is 15.9 Å². The molecule has 0 unspecified atom stereocenters. The van der Waals surface area contributed by atoms with Gasteiger partial charge in [0.2, 0.25) is 0 Å². The minimum Gasteiger partial charge on any atom is -0.257 e. The molecule has 1 aromatic carbocycles. The van der Waals surface area contributed by atoms with Gasteiger partial charge in [0.25, 0.3) is 0 Å². The van der Waals surface area contributed by atoms with Crippen LogP contribution in [0.2, 0.25) is 0 Å². The molecular formula is C8H5BrClNO2. The molecule has 0 spiro atoms. The fourth-order valence-corrected chi connectivity index (χ4v) is 1.33. The van der Waals surface area contributed by atoms with Crippen molar-refractivity contribution in [2.75, 3.05) is 0 Å². The molecule has 1 aromatic rings. The smallest absolute Gasteiger partial charge is 0.257 e. The second-order valence-electron chi connectivity index (χ2n) is 2.28. The van der Waals surface area contributed by atoms with Gasteiger partial charge in [-0.3, -0.25) is 10.1 Å². The monoisotopic (exact) mass is 261 g/mol. The van der Waals surface area contributed by atoms with Crippen LogP contribution in [0.5, 0.6) is 0 Å². The zero-order valence-electron chi connectivity index (χ0n) is 6.41. The largest absolute Gasteiger partial charge is 0.337 e. The van der Waals surface area contributed by atoms with E-state index in [-0.39, 0.29) is 0 Å². The van der Waals surface area contributed by atoms with Crippen LogP contribution >= 0.6 is 27.5 Å². The Balaban J connectivity index is 2.97. The third kappa shape index (κ3) is 3.16. The van der Waals surface area contributed by atoms with Crippen molar-refractivity contribution in [3.63, 3.8) is 0 Å². The normalized spacial score (nSPS) is 11.4. The molecule has 3 nitrogen and oxygen atoms in total. The van der Waals surface area contributed by atoms with Crippen molar-refractivity contribution >= 4 is 33.6 Å². The van der Waals surface area contributed by atoms with E-state index in [0.29, 0.717) is 5.56 Å². The predicted molar refractivity (Wildman–Crippen MR) is 55.0 cm³/mol. The van der Waals surface area contributed by atoms with E-state index >= 15 is 0 Å². The van der Waals surface area contributed by atoms with Crippen LogP contribution in [0.25, 0.3) is 6.08 Å². The number of halogens is 2.